The van der Waals surface area contributed by atoms with Gasteiger partial charge in [0.15, 0.2) is 0 Å². The average molecular weight is 247 g/mol. The van der Waals surface area contributed by atoms with Gasteiger partial charge in [-0.2, -0.15) is 0 Å². The van der Waals surface area contributed by atoms with E-state index in [1.807, 2.05) is 6.07 Å². The summed E-state index contributed by atoms with van der Waals surface area (Å²) in [4.78, 5) is 5.63. The zero-order valence-corrected chi connectivity index (χ0v) is 9.67. The molecule has 0 unspecified atom stereocenters. The van der Waals surface area contributed by atoms with Crippen molar-refractivity contribution < 1.29 is 4.39 Å². The molecular weight excluding hydrogens is 237 g/mol. The van der Waals surface area contributed by atoms with E-state index in [-0.39, 0.29) is 11.7 Å². The average Bonchev–Trinajstić information content (AvgIpc) is 2.29. The lowest BCUT2D eigenvalue weighted by Crippen LogP contribution is -2.12. The number of halogens is 1. The molecule has 1 aromatic heterocycles. The van der Waals surface area contributed by atoms with Gasteiger partial charge in [0, 0.05) is 16.0 Å². The Labute approximate surface area is 102 Å². The minimum atomic E-state index is -0.268. The Kier molecular flexibility index (Phi) is 3.39. The van der Waals surface area contributed by atoms with Gasteiger partial charge in [0.25, 0.3) is 0 Å². The normalized spacial score (nSPS) is 10.2. The zero-order valence-electron chi connectivity index (χ0n) is 8.85. The molecule has 0 fully saturated rings. The van der Waals surface area contributed by atoms with Crippen LogP contribution in [0.2, 0.25) is 0 Å². The molecule has 0 aliphatic carbocycles. The van der Waals surface area contributed by atoms with Crippen molar-refractivity contribution in [2.75, 3.05) is 0 Å². The summed E-state index contributed by atoms with van der Waals surface area (Å²) in [6.07, 6.45) is 1.58. The van der Waals surface area contributed by atoms with Gasteiger partial charge in [-0.3, -0.25) is 10.4 Å². The molecule has 5 heteroatoms. The lowest BCUT2D eigenvalue weighted by atomic mass is 10.3. The number of nitrogens with zero attached hydrogens (tertiary/aromatic N) is 1. The van der Waals surface area contributed by atoms with Crippen LogP contribution >= 0.6 is 11.8 Å². The lowest BCUT2D eigenvalue weighted by molar-refractivity contribution is 0.624. The number of hydrogen-bond donors (Lipinski definition) is 2. The van der Waals surface area contributed by atoms with E-state index >= 15 is 0 Å². The van der Waals surface area contributed by atoms with E-state index < -0.39 is 0 Å². The van der Waals surface area contributed by atoms with Crippen LogP contribution in [0.3, 0.4) is 0 Å². The highest BCUT2D eigenvalue weighted by molar-refractivity contribution is 7.99. The Balaban J connectivity index is 2.24. The molecule has 86 valence electrons. The van der Waals surface area contributed by atoms with Crippen LogP contribution < -0.4 is 5.73 Å². The summed E-state index contributed by atoms with van der Waals surface area (Å²) < 4.78 is 13.0. The third kappa shape index (κ3) is 3.04. The first-order valence-electron chi connectivity index (χ1n) is 4.89. The Bertz CT molecular complexity index is 557. The fourth-order valence-corrected chi connectivity index (χ4v) is 2.18. The van der Waals surface area contributed by atoms with Crippen LogP contribution in [0.1, 0.15) is 5.69 Å². The number of nitrogen functional groups attached to an aromatic ring is 1. The first kappa shape index (κ1) is 11.6. The van der Waals surface area contributed by atoms with Gasteiger partial charge in [0.05, 0.1) is 0 Å². The molecule has 1 heterocycles. The van der Waals surface area contributed by atoms with Crippen molar-refractivity contribution in [1.82, 2.24) is 4.98 Å². The molecule has 0 saturated carbocycles. The van der Waals surface area contributed by atoms with E-state index in [9.17, 15) is 4.39 Å². The smallest absolute Gasteiger partial charge is 0.141 e. The molecule has 3 N–H and O–H groups in total. The van der Waals surface area contributed by atoms with E-state index in [4.69, 9.17) is 11.1 Å². The Morgan fingerprint density at radius 3 is 2.71 bits per heavy atom. The van der Waals surface area contributed by atoms with Gasteiger partial charge in [0.1, 0.15) is 17.3 Å². The van der Waals surface area contributed by atoms with E-state index in [2.05, 4.69) is 4.98 Å². The second-order valence-corrected chi connectivity index (χ2v) is 4.50. The maximum absolute atomic E-state index is 13.0. The summed E-state index contributed by atoms with van der Waals surface area (Å²) >= 11 is 1.40. The van der Waals surface area contributed by atoms with Crippen molar-refractivity contribution in [2.45, 2.75) is 9.79 Å². The zero-order chi connectivity index (χ0) is 12.3. The van der Waals surface area contributed by atoms with Crippen LogP contribution in [0, 0.1) is 11.2 Å². The van der Waals surface area contributed by atoms with Crippen LogP contribution in [-0.4, -0.2) is 10.8 Å². The van der Waals surface area contributed by atoms with Crippen LogP contribution in [0.4, 0.5) is 4.39 Å². The van der Waals surface area contributed by atoms with E-state index in [0.717, 1.165) is 9.79 Å². The molecule has 0 spiro atoms. The summed E-state index contributed by atoms with van der Waals surface area (Å²) in [6, 6.07) is 9.84. The number of pyridine rings is 1. The first-order chi connectivity index (χ1) is 8.15. The first-order valence-corrected chi connectivity index (χ1v) is 5.70. The Morgan fingerprint density at radius 2 is 2.00 bits per heavy atom. The molecule has 1 aromatic carbocycles. The lowest BCUT2D eigenvalue weighted by Gasteiger charge is -2.03. The van der Waals surface area contributed by atoms with Crippen molar-refractivity contribution >= 4 is 17.6 Å². The van der Waals surface area contributed by atoms with Crippen LogP contribution in [0.5, 0.6) is 0 Å². The molecule has 0 amide bonds. The number of hydrogen-bond acceptors (Lipinski definition) is 3. The Hall–Kier alpha value is -1.88. The molecule has 0 bridgehead atoms. The van der Waals surface area contributed by atoms with E-state index in [0.29, 0.717) is 5.69 Å². The van der Waals surface area contributed by atoms with Crippen LogP contribution in [0.25, 0.3) is 0 Å². The summed E-state index contributed by atoms with van der Waals surface area (Å²) in [6.45, 7) is 0. The maximum Gasteiger partial charge on any atom is 0.141 e. The number of aromatic nitrogens is 1. The van der Waals surface area contributed by atoms with E-state index in [1.165, 1.54) is 23.9 Å². The van der Waals surface area contributed by atoms with Crippen molar-refractivity contribution in [2.24, 2.45) is 5.73 Å². The van der Waals surface area contributed by atoms with E-state index in [1.54, 1.807) is 24.4 Å². The second kappa shape index (κ2) is 4.97. The third-order valence-corrected chi connectivity index (χ3v) is 3.02. The van der Waals surface area contributed by atoms with Gasteiger partial charge >= 0.3 is 0 Å². The second-order valence-electron chi connectivity index (χ2n) is 3.35. The van der Waals surface area contributed by atoms with Crippen molar-refractivity contribution in [3.05, 3.63) is 54.1 Å². The molecule has 3 nitrogen and oxygen atoms in total. The van der Waals surface area contributed by atoms with Gasteiger partial charge in [0.2, 0.25) is 0 Å². The molecule has 2 rings (SSSR count). The third-order valence-electron chi connectivity index (χ3n) is 2.04. The standard InChI is InChI=1S/C12H10FN3S/c13-8-2-1-3-9(6-8)17-10-4-5-16-11(7-10)12(14)15/h1-7H,(H3,14,15). The predicted molar refractivity (Wildman–Crippen MR) is 65.8 cm³/mol. The predicted octanol–water partition coefficient (Wildman–Crippen LogP) is 2.66. The number of nitrogens with two attached hydrogens (primary N) is 1. The minimum Gasteiger partial charge on any atom is -0.382 e. The van der Waals surface area contributed by atoms with Crippen LogP contribution in [0.15, 0.2) is 52.4 Å². The number of benzene rings is 1. The Morgan fingerprint density at radius 1 is 1.24 bits per heavy atom. The van der Waals surface area contributed by atoms with Crippen molar-refractivity contribution in [3.8, 4) is 0 Å². The number of nitrogens with one attached hydrogen (secondary N) is 1. The van der Waals surface area contributed by atoms with Crippen LogP contribution in [-0.2, 0) is 0 Å². The fourth-order valence-electron chi connectivity index (χ4n) is 1.29. The van der Waals surface area contributed by atoms with Gasteiger partial charge < -0.3 is 5.73 Å². The molecular formula is C12H10FN3S. The van der Waals surface area contributed by atoms with Gasteiger partial charge in [-0.1, -0.05) is 17.8 Å². The topological polar surface area (TPSA) is 62.8 Å². The fraction of sp³-hybridized carbons (Fsp3) is 0. The molecule has 2 aromatic rings. The summed E-state index contributed by atoms with van der Waals surface area (Å²) in [5, 5.41) is 7.29. The van der Waals surface area contributed by atoms with Crippen molar-refractivity contribution in [1.29, 1.82) is 5.41 Å². The number of rotatable bonds is 3. The quantitative estimate of drug-likeness (QED) is 0.647. The number of amidine groups is 1. The minimum absolute atomic E-state index is 0.0771. The highest BCUT2D eigenvalue weighted by Gasteiger charge is 2.02. The molecule has 0 aliphatic heterocycles. The largest absolute Gasteiger partial charge is 0.382 e. The van der Waals surface area contributed by atoms with Crippen molar-refractivity contribution in [3.63, 3.8) is 0 Å². The molecule has 17 heavy (non-hydrogen) atoms. The molecule has 0 aliphatic rings. The van der Waals surface area contributed by atoms with Gasteiger partial charge in [-0.25, -0.2) is 4.39 Å². The highest BCUT2D eigenvalue weighted by Crippen LogP contribution is 2.27. The summed E-state index contributed by atoms with van der Waals surface area (Å²) in [5.41, 5.74) is 5.77. The summed E-state index contributed by atoms with van der Waals surface area (Å²) in [5.74, 6) is -0.345. The maximum atomic E-state index is 13.0. The molecule has 0 atom stereocenters. The summed E-state index contributed by atoms with van der Waals surface area (Å²) in [7, 11) is 0. The van der Waals surface area contributed by atoms with Gasteiger partial charge in [-0.05, 0) is 30.3 Å². The molecule has 0 radical (unpaired) electrons. The SMILES string of the molecule is N=C(N)c1cc(Sc2cccc(F)c2)ccn1. The van der Waals surface area contributed by atoms with Gasteiger partial charge in [-0.15, -0.1) is 0 Å². The highest BCUT2D eigenvalue weighted by atomic mass is 32.2. The monoisotopic (exact) mass is 247 g/mol. The molecule has 0 saturated heterocycles.